The van der Waals surface area contributed by atoms with Gasteiger partial charge in [0.2, 0.25) is 0 Å². The zero-order chi connectivity index (χ0) is 12.3. The summed E-state index contributed by atoms with van der Waals surface area (Å²) in [5.74, 6) is 0.634. The van der Waals surface area contributed by atoms with E-state index in [0.29, 0.717) is 24.3 Å². The van der Waals surface area contributed by atoms with E-state index in [4.69, 9.17) is 10.00 Å². The summed E-state index contributed by atoms with van der Waals surface area (Å²) in [6.07, 6.45) is 2.63. The maximum absolute atomic E-state index is 11.4. The van der Waals surface area contributed by atoms with Crippen LogP contribution in [0.25, 0.3) is 0 Å². The van der Waals surface area contributed by atoms with Crippen LogP contribution >= 0.6 is 0 Å². The lowest BCUT2D eigenvalue weighted by Crippen LogP contribution is -2.13. The highest BCUT2D eigenvalue weighted by molar-refractivity contribution is 5.96. The second-order valence-electron chi connectivity index (χ2n) is 4.68. The molecule has 0 unspecified atom stereocenters. The molecule has 88 valence electrons. The third kappa shape index (κ3) is 2.65. The molecule has 17 heavy (non-hydrogen) atoms. The van der Waals surface area contributed by atoms with Gasteiger partial charge in [0.05, 0.1) is 18.2 Å². The topological polar surface area (TPSA) is 50.1 Å². The van der Waals surface area contributed by atoms with Crippen molar-refractivity contribution in [2.75, 3.05) is 6.61 Å². The van der Waals surface area contributed by atoms with E-state index in [2.05, 4.69) is 6.07 Å². The van der Waals surface area contributed by atoms with Crippen molar-refractivity contribution in [1.29, 1.82) is 5.26 Å². The number of benzene rings is 1. The smallest absolute Gasteiger partial charge is 0.163 e. The predicted molar refractivity (Wildman–Crippen MR) is 63.8 cm³/mol. The van der Waals surface area contributed by atoms with Gasteiger partial charge in [-0.3, -0.25) is 4.79 Å². The molecule has 1 fully saturated rings. The minimum Gasteiger partial charge on any atom is -0.492 e. The number of carbonyl (C=O) groups excluding carboxylic acids is 1. The number of ketones is 1. The number of carbonyl (C=O) groups is 1. The Morgan fingerprint density at radius 3 is 2.76 bits per heavy atom. The number of hydrogen-bond donors (Lipinski definition) is 0. The number of Topliss-reactive ketones (excluding diaryl/α,β-unsaturated/α-hetero) is 1. The molecule has 0 heterocycles. The SMILES string of the molecule is CC(=O)c1ccccc1OCC1(CC#N)CC1. The quantitative estimate of drug-likeness (QED) is 0.729. The largest absolute Gasteiger partial charge is 0.492 e. The van der Waals surface area contributed by atoms with Crippen LogP contribution in [0.3, 0.4) is 0 Å². The zero-order valence-corrected chi connectivity index (χ0v) is 9.90. The van der Waals surface area contributed by atoms with Gasteiger partial charge in [0.25, 0.3) is 0 Å². The monoisotopic (exact) mass is 229 g/mol. The molecule has 1 aromatic rings. The van der Waals surface area contributed by atoms with E-state index < -0.39 is 0 Å². The van der Waals surface area contributed by atoms with Crippen molar-refractivity contribution < 1.29 is 9.53 Å². The number of nitriles is 1. The minimum atomic E-state index is 0.00531. The first kappa shape index (κ1) is 11.7. The fourth-order valence-electron chi connectivity index (χ4n) is 1.83. The van der Waals surface area contributed by atoms with Crippen LogP contribution in [0.1, 0.15) is 36.5 Å². The van der Waals surface area contributed by atoms with Crippen LogP contribution in [0.2, 0.25) is 0 Å². The van der Waals surface area contributed by atoms with Gasteiger partial charge in [-0.05, 0) is 31.9 Å². The molecule has 1 aliphatic rings. The number of hydrogen-bond acceptors (Lipinski definition) is 3. The third-order valence-electron chi connectivity index (χ3n) is 3.21. The molecule has 2 rings (SSSR count). The fraction of sp³-hybridized carbons (Fsp3) is 0.429. The molecule has 1 aromatic carbocycles. The maximum atomic E-state index is 11.4. The molecule has 0 bridgehead atoms. The lowest BCUT2D eigenvalue weighted by atomic mass is 10.1. The van der Waals surface area contributed by atoms with Crippen LogP contribution < -0.4 is 4.74 Å². The van der Waals surface area contributed by atoms with Crippen LogP contribution in [0, 0.1) is 16.7 Å². The van der Waals surface area contributed by atoms with Gasteiger partial charge in [-0.25, -0.2) is 0 Å². The Kier molecular flexibility index (Phi) is 3.14. The van der Waals surface area contributed by atoms with Gasteiger partial charge >= 0.3 is 0 Å². The predicted octanol–water partition coefficient (Wildman–Crippen LogP) is 2.96. The van der Waals surface area contributed by atoms with Crippen molar-refractivity contribution in [1.82, 2.24) is 0 Å². The molecule has 0 atom stereocenters. The highest BCUT2D eigenvalue weighted by Crippen LogP contribution is 2.48. The number of nitrogens with zero attached hydrogens (tertiary/aromatic N) is 1. The molecular formula is C14H15NO2. The summed E-state index contributed by atoms with van der Waals surface area (Å²) in [5.41, 5.74) is 0.652. The van der Waals surface area contributed by atoms with Gasteiger partial charge < -0.3 is 4.74 Å². The summed E-state index contributed by atoms with van der Waals surface area (Å²) in [4.78, 5) is 11.4. The van der Waals surface area contributed by atoms with Gasteiger partial charge in [0, 0.05) is 11.8 Å². The fourth-order valence-corrected chi connectivity index (χ4v) is 1.83. The molecule has 0 aromatic heterocycles. The first-order valence-corrected chi connectivity index (χ1v) is 5.77. The number of ether oxygens (including phenoxy) is 1. The standard InChI is InChI=1S/C14H15NO2/c1-11(16)12-4-2-3-5-13(12)17-10-14(6-7-14)8-9-15/h2-5H,6-8,10H2,1H3. The van der Waals surface area contributed by atoms with Crippen molar-refractivity contribution in [2.24, 2.45) is 5.41 Å². The van der Waals surface area contributed by atoms with Crippen molar-refractivity contribution in [3.8, 4) is 11.8 Å². The van der Waals surface area contributed by atoms with Gasteiger partial charge in [0.1, 0.15) is 5.75 Å². The van der Waals surface area contributed by atoms with Gasteiger partial charge in [0.15, 0.2) is 5.78 Å². The second-order valence-corrected chi connectivity index (χ2v) is 4.68. The van der Waals surface area contributed by atoms with E-state index in [1.807, 2.05) is 12.1 Å². The van der Waals surface area contributed by atoms with Crippen LogP contribution in [-0.4, -0.2) is 12.4 Å². The second kappa shape index (κ2) is 4.58. The first-order valence-electron chi connectivity index (χ1n) is 5.77. The van der Waals surface area contributed by atoms with E-state index in [1.165, 1.54) is 6.92 Å². The number of para-hydroxylation sites is 1. The molecule has 0 aliphatic heterocycles. The van der Waals surface area contributed by atoms with Gasteiger partial charge in [-0.2, -0.15) is 5.26 Å². The zero-order valence-electron chi connectivity index (χ0n) is 9.90. The van der Waals surface area contributed by atoms with Crippen LogP contribution in [0.15, 0.2) is 24.3 Å². The molecule has 0 N–H and O–H groups in total. The van der Waals surface area contributed by atoms with Gasteiger partial charge in [-0.15, -0.1) is 0 Å². The highest BCUT2D eigenvalue weighted by atomic mass is 16.5. The summed E-state index contributed by atoms with van der Waals surface area (Å²) < 4.78 is 5.71. The van der Waals surface area contributed by atoms with Crippen molar-refractivity contribution in [3.63, 3.8) is 0 Å². The van der Waals surface area contributed by atoms with E-state index in [-0.39, 0.29) is 11.2 Å². The van der Waals surface area contributed by atoms with E-state index >= 15 is 0 Å². The summed E-state index contributed by atoms with van der Waals surface area (Å²) in [6, 6.07) is 9.45. The van der Waals surface area contributed by atoms with Crippen LogP contribution in [0.4, 0.5) is 0 Å². The average Bonchev–Trinajstić information content (AvgIpc) is 3.08. The Morgan fingerprint density at radius 2 is 2.18 bits per heavy atom. The molecule has 0 spiro atoms. The van der Waals surface area contributed by atoms with E-state index in [1.54, 1.807) is 12.1 Å². The third-order valence-corrected chi connectivity index (χ3v) is 3.21. The normalized spacial score (nSPS) is 16.0. The maximum Gasteiger partial charge on any atom is 0.163 e. The Morgan fingerprint density at radius 1 is 1.47 bits per heavy atom. The molecule has 0 saturated heterocycles. The minimum absolute atomic E-state index is 0.00531. The average molecular weight is 229 g/mol. The molecule has 1 aliphatic carbocycles. The molecule has 3 heteroatoms. The number of rotatable bonds is 5. The van der Waals surface area contributed by atoms with Crippen molar-refractivity contribution in [2.45, 2.75) is 26.2 Å². The molecule has 0 radical (unpaired) electrons. The van der Waals surface area contributed by atoms with Gasteiger partial charge in [-0.1, -0.05) is 12.1 Å². The summed E-state index contributed by atoms with van der Waals surface area (Å²) in [5, 5.41) is 8.72. The molecule has 3 nitrogen and oxygen atoms in total. The Hall–Kier alpha value is -1.82. The van der Waals surface area contributed by atoms with E-state index in [9.17, 15) is 4.79 Å². The Labute approximate surface area is 101 Å². The molecule has 0 amide bonds. The Bertz CT molecular complexity index is 469. The molecule has 1 saturated carbocycles. The Balaban J connectivity index is 2.05. The first-order chi connectivity index (χ1) is 8.17. The van der Waals surface area contributed by atoms with Crippen molar-refractivity contribution in [3.05, 3.63) is 29.8 Å². The van der Waals surface area contributed by atoms with Crippen LogP contribution in [0.5, 0.6) is 5.75 Å². The molecular weight excluding hydrogens is 214 g/mol. The summed E-state index contributed by atoms with van der Waals surface area (Å²) >= 11 is 0. The summed E-state index contributed by atoms with van der Waals surface area (Å²) in [7, 11) is 0. The lowest BCUT2D eigenvalue weighted by molar-refractivity contribution is 0.101. The summed E-state index contributed by atoms with van der Waals surface area (Å²) in [6.45, 7) is 2.06. The van der Waals surface area contributed by atoms with Crippen molar-refractivity contribution >= 4 is 5.78 Å². The lowest BCUT2D eigenvalue weighted by Gasteiger charge is -2.14. The van der Waals surface area contributed by atoms with E-state index in [0.717, 1.165) is 12.8 Å². The highest BCUT2D eigenvalue weighted by Gasteiger charge is 2.43. The van der Waals surface area contributed by atoms with Crippen LogP contribution in [-0.2, 0) is 0 Å².